The monoisotopic (exact) mass is 376 g/mol. The van der Waals surface area contributed by atoms with Crippen molar-refractivity contribution in [3.05, 3.63) is 24.3 Å². The second-order valence-corrected chi connectivity index (χ2v) is 7.16. The molecule has 0 spiro atoms. The van der Waals surface area contributed by atoms with Crippen molar-refractivity contribution in [1.29, 1.82) is 0 Å². The van der Waals surface area contributed by atoms with Crippen LogP contribution in [0.3, 0.4) is 0 Å². The van der Waals surface area contributed by atoms with Gasteiger partial charge in [0.25, 0.3) is 0 Å². The number of phenols is 1. The zero-order valence-corrected chi connectivity index (χ0v) is 16.8. The lowest BCUT2D eigenvalue weighted by Gasteiger charge is -2.07. The molecular weight excluding hydrogens is 340 g/mol. The van der Waals surface area contributed by atoms with Crippen LogP contribution >= 0.6 is 0 Å². The predicted octanol–water partition coefficient (Wildman–Crippen LogP) is 5.15. The number of unbranched alkanes of at least 4 members (excludes halogenated alkanes) is 10. The van der Waals surface area contributed by atoms with Crippen molar-refractivity contribution in [2.45, 2.75) is 84.0 Å². The summed E-state index contributed by atoms with van der Waals surface area (Å²) in [6, 6.07) is 6.22. The standard InChI is InChI=1S/C22H36N2O3/c1-2-3-4-5-6-7-8-9-10-11-12-13-21(26)23-18-22(27)24-19-14-16-20(25)17-15-19/h14-17,25H,2-13,18H2,1H3,(H,23,26)(H,24,27). The van der Waals surface area contributed by atoms with Gasteiger partial charge in [-0.3, -0.25) is 9.59 Å². The van der Waals surface area contributed by atoms with Crippen molar-refractivity contribution >= 4 is 17.5 Å². The van der Waals surface area contributed by atoms with Gasteiger partial charge in [0.15, 0.2) is 0 Å². The van der Waals surface area contributed by atoms with Gasteiger partial charge in [0.2, 0.25) is 11.8 Å². The quantitative estimate of drug-likeness (QED) is 0.293. The SMILES string of the molecule is CCCCCCCCCCCCCC(=O)NCC(=O)Nc1ccc(O)cc1. The third-order valence-electron chi connectivity index (χ3n) is 4.60. The average Bonchev–Trinajstić information content (AvgIpc) is 2.66. The molecule has 0 heterocycles. The van der Waals surface area contributed by atoms with Gasteiger partial charge in [-0.2, -0.15) is 0 Å². The molecule has 1 rings (SSSR count). The van der Waals surface area contributed by atoms with Crippen LogP contribution in [-0.4, -0.2) is 23.5 Å². The van der Waals surface area contributed by atoms with Crippen LogP contribution in [0.5, 0.6) is 5.75 Å². The Hall–Kier alpha value is -2.04. The smallest absolute Gasteiger partial charge is 0.243 e. The third kappa shape index (κ3) is 12.9. The summed E-state index contributed by atoms with van der Waals surface area (Å²) in [5.41, 5.74) is 0.595. The van der Waals surface area contributed by atoms with Gasteiger partial charge in [0.05, 0.1) is 6.54 Å². The van der Waals surface area contributed by atoms with Crippen molar-refractivity contribution in [3.8, 4) is 5.75 Å². The molecule has 0 bridgehead atoms. The Balaban J connectivity index is 1.93. The van der Waals surface area contributed by atoms with Crippen molar-refractivity contribution in [1.82, 2.24) is 5.32 Å². The first-order valence-corrected chi connectivity index (χ1v) is 10.5. The van der Waals surface area contributed by atoms with Gasteiger partial charge in [0, 0.05) is 12.1 Å². The normalized spacial score (nSPS) is 10.6. The lowest BCUT2D eigenvalue weighted by Crippen LogP contribution is -2.32. The van der Waals surface area contributed by atoms with E-state index in [-0.39, 0.29) is 24.1 Å². The molecule has 5 heteroatoms. The number of carbonyl (C=O) groups excluding carboxylic acids is 2. The average molecular weight is 377 g/mol. The minimum Gasteiger partial charge on any atom is -0.508 e. The largest absolute Gasteiger partial charge is 0.508 e. The number of hydrogen-bond donors (Lipinski definition) is 3. The van der Waals surface area contributed by atoms with Crippen molar-refractivity contribution < 1.29 is 14.7 Å². The minimum atomic E-state index is -0.270. The van der Waals surface area contributed by atoms with E-state index >= 15 is 0 Å². The highest BCUT2D eigenvalue weighted by Gasteiger charge is 2.06. The molecule has 0 aromatic heterocycles. The van der Waals surface area contributed by atoms with Gasteiger partial charge >= 0.3 is 0 Å². The number of carbonyl (C=O) groups is 2. The number of phenolic OH excluding ortho intramolecular Hbond substituents is 1. The molecule has 5 nitrogen and oxygen atoms in total. The van der Waals surface area contributed by atoms with E-state index < -0.39 is 0 Å². The van der Waals surface area contributed by atoms with Crippen LogP contribution in [-0.2, 0) is 9.59 Å². The number of anilines is 1. The summed E-state index contributed by atoms with van der Waals surface area (Å²) in [5.74, 6) is -0.201. The van der Waals surface area contributed by atoms with Gasteiger partial charge in [-0.05, 0) is 30.7 Å². The summed E-state index contributed by atoms with van der Waals surface area (Å²) in [7, 11) is 0. The molecule has 3 N–H and O–H groups in total. The molecule has 2 amide bonds. The van der Waals surface area contributed by atoms with Crippen molar-refractivity contribution in [2.24, 2.45) is 0 Å². The topological polar surface area (TPSA) is 78.4 Å². The Morgan fingerprint density at radius 3 is 1.85 bits per heavy atom. The first-order valence-electron chi connectivity index (χ1n) is 10.5. The second-order valence-electron chi connectivity index (χ2n) is 7.16. The van der Waals surface area contributed by atoms with Crippen LogP contribution in [0.15, 0.2) is 24.3 Å². The van der Waals surface area contributed by atoms with Gasteiger partial charge in [0.1, 0.15) is 5.75 Å². The number of amides is 2. The first-order chi connectivity index (χ1) is 13.1. The summed E-state index contributed by atoms with van der Waals surface area (Å²) >= 11 is 0. The highest BCUT2D eigenvalue weighted by molar-refractivity contribution is 5.94. The lowest BCUT2D eigenvalue weighted by molar-refractivity contribution is -0.124. The predicted molar refractivity (Wildman–Crippen MR) is 111 cm³/mol. The summed E-state index contributed by atoms with van der Waals surface area (Å²) in [4.78, 5) is 23.6. The van der Waals surface area contributed by atoms with Crippen LogP contribution in [0, 0.1) is 0 Å². The van der Waals surface area contributed by atoms with E-state index in [1.54, 1.807) is 12.1 Å². The summed E-state index contributed by atoms with van der Waals surface area (Å²) in [6.07, 6.45) is 14.3. The number of benzene rings is 1. The van der Waals surface area contributed by atoms with Crippen LogP contribution in [0.1, 0.15) is 84.0 Å². The minimum absolute atomic E-state index is 0.0300. The fraction of sp³-hybridized carbons (Fsp3) is 0.636. The summed E-state index contributed by atoms with van der Waals surface area (Å²) in [5, 5.41) is 14.5. The molecule has 0 radical (unpaired) electrons. The van der Waals surface area contributed by atoms with E-state index in [2.05, 4.69) is 17.6 Å². The van der Waals surface area contributed by atoms with E-state index in [4.69, 9.17) is 0 Å². The lowest BCUT2D eigenvalue weighted by atomic mass is 10.1. The maximum Gasteiger partial charge on any atom is 0.243 e. The van der Waals surface area contributed by atoms with Gasteiger partial charge in [-0.25, -0.2) is 0 Å². The molecule has 0 saturated heterocycles. The van der Waals surface area contributed by atoms with E-state index in [9.17, 15) is 14.7 Å². The highest BCUT2D eigenvalue weighted by Crippen LogP contribution is 2.13. The Morgan fingerprint density at radius 2 is 1.30 bits per heavy atom. The van der Waals surface area contributed by atoms with Crippen LogP contribution in [0.2, 0.25) is 0 Å². The molecule has 0 saturated carbocycles. The van der Waals surface area contributed by atoms with E-state index in [1.165, 1.54) is 69.9 Å². The molecule has 0 aliphatic carbocycles. The zero-order chi connectivity index (χ0) is 19.7. The molecule has 0 unspecified atom stereocenters. The summed E-state index contributed by atoms with van der Waals surface area (Å²) < 4.78 is 0. The van der Waals surface area contributed by atoms with E-state index in [0.29, 0.717) is 12.1 Å². The van der Waals surface area contributed by atoms with Crippen LogP contribution < -0.4 is 10.6 Å². The molecule has 0 fully saturated rings. The van der Waals surface area contributed by atoms with E-state index in [1.807, 2.05) is 0 Å². The second kappa shape index (κ2) is 15.1. The number of aromatic hydroxyl groups is 1. The first kappa shape index (κ1) is 23.0. The maximum absolute atomic E-state index is 11.8. The summed E-state index contributed by atoms with van der Waals surface area (Å²) in [6.45, 7) is 2.21. The molecule has 27 heavy (non-hydrogen) atoms. The zero-order valence-electron chi connectivity index (χ0n) is 16.8. The number of rotatable bonds is 15. The number of nitrogens with one attached hydrogen (secondary N) is 2. The Kier molecular flexibility index (Phi) is 12.8. The molecule has 0 atom stereocenters. The molecule has 0 aliphatic heterocycles. The molecule has 0 aliphatic rings. The molecule has 1 aromatic rings. The van der Waals surface area contributed by atoms with Gasteiger partial charge in [-0.1, -0.05) is 71.1 Å². The third-order valence-corrected chi connectivity index (χ3v) is 4.60. The van der Waals surface area contributed by atoms with Gasteiger partial charge < -0.3 is 15.7 Å². The highest BCUT2D eigenvalue weighted by atomic mass is 16.3. The maximum atomic E-state index is 11.8. The van der Waals surface area contributed by atoms with Crippen LogP contribution in [0.25, 0.3) is 0 Å². The van der Waals surface area contributed by atoms with Crippen molar-refractivity contribution in [3.63, 3.8) is 0 Å². The molecule has 152 valence electrons. The van der Waals surface area contributed by atoms with E-state index in [0.717, 1.165) is 12.8 Å². The fourth-order valence-electron chi connectivity index (χ4n) is 2.97. The van der Waals surface area contributed by atoms with Gasteiger partial charge in [-0.15, -0.1) is 0 Å². The van der Waals surface area contributed by atoms with Crippen LogP contribution in [0.4, 0.5) is 5.69 Å². The Labute approximate surface area is 163 Å². The Bertz CT molecular complexity index is 529. The number of hydrogen-bond acceptors (Lipinski definition) is 3. The fourth-order valence-corrected chi connectivity index (χ4v) is 2.97. The van der Waals surface area contributed by atoms with Crippen molar-refractivity contribution in [2.75, 3.05) is 11.9 Å². The Morgan fingerprint density at radius 1 is 0.778 bits per heavy atom. The molecule has 1 aromatic carbocycles. The molecular formula is C22H36N2O3.